The number of hydrogen-bond donors (Lipinski definition) is 2. The summed E-state index contributed by atoms with van der Waals surface area (Å²) in [5, 5.41) is 17.1. The number of allylic oxidation sites excluding steroid dienone is 2. The van der Waals surface area contributed by atoms with Crippen LogP contribution >= 0.6 is 0 Å². The molecular formula is C17H13N3O5. The molecule has 1 aliphatic carbocycles. The highest BCUT2D eigenvalue weighted by atomic mass is 16.6. The fourth-order valence-electron chi connectivity index (χ4n) is 2.64. The molecule has 0 radical (unpaired) electrons. The summed E-state index contributed by atoms with van der Waals surface area (Å²) in [6.07, 6.45) is 3.81. The molecule has 126 valence electrons. The van der Waals surface area contributed by atoms with E-state index in [1.54, 1.807) is 18.2 Å². The fourth-order valence-corrected chi connectivity index (χ4v) is 2.64. The van der Waals surface area contributed by atoms with E-state index in [9.17, 15) is 14.9 Å². The molecule has 8 nitrogen and oxygen atoms in total. The molecule has 4 rings (SSSR count). The molecule has 25 heavy (non-hydrogen) atoms. The van der Waals surface area contributed by atoms with E-state index in [1.807, 2.05) is 12.1 Å². The van der Waals surface area contributed by atoms with Crippen molar-refractivity contribution < 1.29 is 18.9 Å². The summed E-state index contributed by atoms with van der Waals surface area (Å²) in [5.74, 6) is 0.662. The van der Waals surface area contributed by atoms with E-state index in [2.05, 4.69) is 10.6 Å². The predicted octanol–water partition coefficient (Wildman–Crippen LogP) is 3.34. The van der Waals surface area contributed by atoms with E-state index >= 15 is 0 Å². The molecule has 2 heterocycles. The number of hydrogen-bond acceptors (Lipinski definition) is 7. The first-order valence-electron chi connectivity index (χ1n) is 7.57. The number of carbonyl (C=O) groups excluding carboxylic acids is 1. The normalized spacial score (nSPS) is 15.1. The Bertz CT molecular complexity index is 942. The van der Waals surface area contributed by atoms with Crippen LogP contribution in [0, 0.1) is 10.1 Å². The summed E-state index contributed by atoms with van der Waals surface area (Å²) in [7, 11) is 0. The summed E-state index contributed by atoms with van der Waals surface area (Å²) in [4.78, 5) is 21.5. The van der Waals surface area contributed by atoms with E-state index in [1.165, 1.54) is 12.1 Å². The Hall–Kier alpha value is -3.55. The number of carbonyl (C=O) groups is 1. The number of ketones is 1. The van der Waals surface area contributed by atoms with Crippen LogP contribution < -0.4 is 15.4 Å². The Kier molecular flexibility index (Phi) is 3.50. The van der Waals surface area contributed by atoms with Crippen molar-refractivity contribution in [3.8, 4) is 5.75 Å². The van der Waals surface area contributed by atoms with Gasteiger partial charge in [0.2, 0.25) is 0 Å². The van der Waals surface area contributed by atoms with Crippen LogP contribution in [0.1, 0.15) is 12.2 Å². The number of anilines is 2. The number of nitrogens with zero attached hydrogens (tertiary/aromatic N) is 1. The Morgan fingerprint density at radius 3 is 2.80 bits per heavy atom. The van der Waals surface area contributed by atoms with E-state index in [0.29, 0.717) is 17.9 Å². The number of rotatable bonds is 4. The average Bonchev–Trinajstić information content (AvgIpc) is 3.07. The maximum Gasteiger partial charge on any atom is 0.433 e. The molecule has 0 bridgehead atoms. The van der Waals surface area contributed by atoms with Crippen LogP contribution in [0.25, 0.3) is 0 Å². The summed E-state index contributed by atoms with van der Waals surface area (Å²) in [6, 6.07) is 8.23. The number of nitrogens with one attached hydrogen (secondary N) is 2. The smallest absolute Gasteiger partial charge is 0.433 e. The number of ether oxygens (including phenoxy) is 1. The van der Waals surface area contributed by atoms with Crippen molar-refractivity contribution in [2.75, 3.05) is 10.6 Å². The second-order valence-electron chi connectivity index (χ2n) is 5.59. The monoisotopic (exact) mass is 339 g/mol. The first kappa shape index (κ1) is 15.0. The highest BCUT2D eigenvalue weighted by molar-refractivity contribution is 5.96. The molecule has 1 aliphatic heterocycles. The quantitative estimate of drug-likeness (QED) is 0.650. The lowest BCUT2D eigenvalue weighted by Crippen LogP contribution is -2.20. The number of benzene rings is 1. The Morgan fingerprint density at radius 1 is 1.16 bits per heavy atom. The van der Waals surface area contributed by atoms with Crippen molar-refractivity contribution in [3.05, 3.63) is 69.8 Å². The molecular weight excluding hydrogens is 326 g/mol. The minimum atomic E-state index is -0.595. The topological polar surface area (TPSA) is 107 Å². The molecule has 0 unspecified atom stereocenters. The lowest BCUT2D eigenvalue weighted by atomic mass is 10.0. The lowest BCUT2D eigenvalue weighted by Gasteiger charge is -2.27. The SMILES string of the molecule is O=C1C=C2Nc3cc(OCc4ccc([N+](=O)[O-])o4)ccc3NC2=CC1. The van der Waals surface area contributed by atoms with Gasteiger partial charge in [0.1, 0.15) is 23.0 Å². The predicted molar refractivity (Wildman–Crippen MR) is 89.2 cm³/mol. The minimum Gasteiger partial charge on any atom is -0.486 e. The van der Waals surface area contributed by atoms with Crippen molar-refractivity contribution in [2.24, 2.45) is 0 Å². The average molecular weight is 339 g/mol. The Balaban J connectivity index is 1.50. The second-order valence-corrected chi connectivity index (χ2v) is 5.59. The molecule has 2 aromatic rings. The zero-order valence-corrected chi connectivity index (χ0v) is 12.9. The summed E-state index contributed by atoms with van der Waals surface area (Å²) >= 11 is 0. The molecule has 1 aromatic heterocycles. The van der Waals surface area contributed by atoms with E-state index < -0.39 is 4.92 Å². The largest absolute Gasteiger partial charge is 0.486 e. The summed E-state index contributed by atoms with van der Waals surface area (Å²) in [6.45, 7) is 0.0758. The zero-order chi connectivity index (χ0) is 17.4. The second kappa shape index (κ2) is 5.82. The van der Waals surface area contributed by atoms with Gasteiger partial charge in [-0.3, -0.25) is 14.9 Å². The lowest BCUT2D eigenvalue weighted by molar-refractivity contribution is -0.402. The van der Waals surface area contributed by atoms with Crippen molar-refractivity contribution in [2.45, 2.75) is 13.0 Å². The van der Waals surface area contributed by atoms with Gasteiger partial charge in [-0.15, -0.1) is 0 Å². The van der Waals surface area contributed by atoms with Crippen molar-refractivity contribution >= 4 is 23.0 Å². The number of furan rings is 1. The van der Waals surface area contributed by atoms with Crippen LogP contribution in [0.4, 0.5) is 17.3 Å². The van der Waals surface area contributed by atoms with Crippen molar-refractivity contribution in [1.82, 2.24) is 0 Å². The molecule has 2 N–H and O–H groups in total. The number of fused-ring (bicyclic) bond motifs is 2. The molecule has 0 amide bonds. The Morgan fingerprint density at radius 2 is 2.00 bits per heavy atom. The van der Waals surface area contributed by atoms with Gasteiger partial charge in [-0.1, -0.05) is 6.08 Å². The molecule has 2 aliphatic rings. The first-order chi connectivity index (χ1) is 12.1. The van der Waals surface area contributed by atoms with Crippen LogP contribution in [-0.2, 0) is 11.4 Å². The molecule has 0 atom stereocenters. The maximum atomic E-state index is 11.5. The summed E-state index contributed by atoms with van der Waals surface area (Å²) < 4.78 is 10.7. The molecule has 0 spiro atoms. The van der Waals surface area contributed by atoms with Gasteiger partial charge in [0.05, 0.1) is 28.8 Å². The molecule has 0 saturated carbocycles. The van der Waals surface area contributed by atoms with Gasteiger partial charge in [0.15, 0.2) is 5.78 Å². The van der Waals surface area contributed by atoms with E-state index in [-0.39, 0.29) is 18.3 Å². The standard InChI is InChI=1S/C17H13N3O5/c21-10-1-4-13-15(7-10)19-16-8-11(2-5-14(16)18-13)24-9-12-3-6-17(25-12)20(22)23/h2-8,18-19H,1,9H2. The van der Waals surface area contributed by atoms with Crippen LogP contribution in [0.5, 0.6) is 5.75 Å². The maximum absolute atomic E-state index is 11.5. The molecule has 8 heteroatoms. The molecule has 0 fully saturated rings. The van der Waals surface area contributed by atoms with Gasteiger partial charge in [0.25, 0.3) is 0 Å². The van der Waals surface area contributed by atoms with Gasteiger partial charge in [0, 0.05) is 18.6 Å². The van der Waals surface area contributed by atoms with Gasteiger partial charge in [-0.05, 0) is 18.2 Å². The first-order valence-corrected chi connectivity index (χ1v) is 7.57. The Labute approximate surface area is 141 Å². The third-order valence-electron chi connectivity index (χ3n) is 3.84. The van der Waals surface area contributed by atoms with Crippen molar-refractivity contribution in [1.29, 1.82) is 0 Å². The fraction of sp³-hybridized carbons (Fsp3) is 0.118. The zero-order valence-electron chi connectivity index (χ0n) is 12.9. The van der Waals surface area contributed by atoms with Gasteiger partial charge in [-0.2, -0.15) is 0 Å². The van der Waals surface area contributed by atoms with Crippen LogP contribution in [0.2, 0.25) is 0 Å². The minimum absolute atomic E-state index is 0.0447. The van der Waals surface area contributed by atoms with E-state index in [4.69, 9.17) is 9.15 Å². The highest BCUT2D eigenvalue weighted by Gasteiger charge is 2.21. The van der Waals surface area contributed by atoms with Crippen LogP contribution in [-0.4, -0.2) is 10.7 Å². The number of nitro groups is 1. The van der Waals surface area contributed by atoms with E-state index in [0.717, 1.165) is 22.8 Å². The van der Waals surface area contributed by atoms with Crippen molar-refractivity contribution in [3.63, 3.8) is 0 Å². The third kappa shape index (κ3) is 2.97. The van der Waals surface area contributed by atoms with Gasteiger partial charge in [-0.25, -0.2) is 0 Å². The molecule has 1 aromatic carbocycles. The van der Waals surface area contributed by atoms with Crippen LogP contribution in [0.15, 0.2) is 58.3 Å². The molecule has 0 saturated heterocycles. The van der Waals surface area contributed by atoms with Gasteiger partial charge < -0.3 is 19.8 Å². The van der Waals surface area contributed by atoms with Crippen LogP contribution in [0.3, 0.4) is 0 Å². The highest BCUT2D eigenvalue weighted by Crippen LogP contribution is 2.36. The third-order valence-corrected chi connectivity index (χ3v) is 3.84. The van der Waals surface area contributed by atoms with Gasteiger partial charge >= 0.3 is 5.88 Å². The summed E-state index contributed by atoms with van der Waals surface area (Å²) in [5.41, 5.74) is 3.26.